The van der Waals surface area contributed by atoms with Gasteiger partial charge in [-0.25, -0.2) is 0 Å². The lowest BCUT2D eigenvalue weighted by atomic mass is 10.1. The fourth-order valence-electron chi connectivity index (χ4n) is 1.48. The van der Waals surface area contributed by atoms with E-state index in [1.807, 2.05) is 25.1 Å². The summed E-state index contributed by atoms with van der Waals surface area (Å²) in [5.41, 5.74) is 3.21. The number of rotatable bonds is 5. The van der Waals surface area contributed by atoms with Crippen LogP contribution < -0.4 is 5.32 Å². The molecule has 0 saturated heterocycles. The molecule has 1 amide bonds. The molecule has 0 heterocycles. The van der Waals surface area contributed by atoms with E-state index >= 15 is 0 Å². The summed E-state index contributed by atoms with van der Waals surface area (Å²) in [6.07, 6.45) is -0.422. The molecule has 1 atom stereocenters. The highest BCUT2D eigenvalue weighted by Gasteiger charge is 2.14. The summed E-state index contributed by atoms with van der Waals surface area (Å²) in [4.78, 5) is 11.9. The molecule has 1 N–H and O–H groups in total. The second kappa shape index (κ2) is 6.55. The maximum absolute atomic E-state index is 11.9. The van der Waals surface area contributed by atoms with Crippen LogP contribution in [-0.4, -0.2) is 18.6 Å². The van der Waals surface area contributed by atoms with Crippen molar-refractivity contribution in [2.75, 3.05) is 11.9 Å². The Hall–Kier alpha value is -1.35. The van der Waals surface area contributed by atoms with Crippen LogP contribution in [0.4, 0.5) is 5.69 Å². The fraction of sp³-hybridized carbons (Fsp3) is 0.533. The zero-order valence-electron chi connectivity index (χ0n) is 11.9. The zero-order valence-corrected chi connectivity index (χ0v) is 11.9. The molecule has 3 heteroatoms. The lowest BCUT2D eigenvalue weighted by molar-refractivity contribution is -0.126. The van der Waals surface area contributed by atoms with Crippen LogP contribution in [0.3, 0.4) is 0 Å². The van der Waals surface area contributed by atoms with Gasteiger partial charge in [0.2, 0.25) is 0 Å². The SMILES string of the molecule is Cc1ccc(NC(=O)[C@@H](C)OCC(C)C)cc1C. The Balaban J connectivity index is 2.55. The Morgan fingerprint density at radius 3 is 2.44 bits per heavy atom. The third-order valence-corrected chi connectivity index (χ3v) is 2.82. The average Bonchev–Trinajstić information content (AvgIpc) is 2.30. The molecule has 0 saturated carbocycles. The minimum absolute atomic E-state index is 0.0982. The predicted molar refractivity (Wildman–Crippen MR) is 74.8 cm³/mol. The van der Waals surface area contributed by atoms with Gasteiger partial charge >= 0.3 is 0 Å². The molecule has 0 aliphatic rings. The second-order valence-electron chi connectivity index (χ2n) is 5.16. The van der Waals surface area contributed by atoms with Gasteiger partial charge in [-0.15, -0.1) is 0 Å². The summed E-state index contributed by atoms with van der Waals surface area (Å²) in [5, 5.41) is 2.87. The first kappa shape index (κ1) is 14.7. The molecule has 1 aromatic carbocycles. The standard InChI is InChI=1S/C15H23NO2/c1-10(2)9-18-13(5)15(17)16-14-7-6-11(3)12(4)8-14/h6-8,10,13H,9H2,1-5H3,(H,16,17)/t13-/m1/s1. The number of amides is 1. The van der Waals surface area contributed by atoms with Crippen LogP contribution in [0, 0.1) is 19.8 Å². The van der Waals surface area contributed by atoms with Crippen LogP contribution in [0.25, 0.3) is 0 Å². The van der Waals surface area contributed by atoms with Crippen molar-refractivity contribution in [2.45, 2.75) is 40.7 Å². The second-order valence-corrected chi connectivity index (χ2v) is 5.16. The summed E-state index contributed by atoms with van der Waals surface area (Å²) in [7, 11) is 0. The van der Waals surface area contributed by atoms with Crippen molar-refractivity contribution in [3.05, 3.63) is 29.3 Å². The van der Waals surface area contributed by atoms with Gasteiger partial charge in [-0.05, 0) is 49.9 Å². The first-order chi connectivity index (χ1) is 8.40. The van der Waals surface area contributed by atoms with Gasteiger partial charge in [-0.2, -0.15) is 0 Å². The van der Waals surface area contributed by atoms with Gasteiger partial charge in [0.05, 0.1) is 0 Å². The lowest BCUT2D eigenvalue weighted by Gasteiger charge is -2.15. The predicted octanol–water partition coefficient (Wildman–Crippen LogP) is 3.30. The molecule has 1 aromatic rings. The summed E-state index contributed by atoms with van der Waals surface area (Å²) >= 11 is 0. The molecule has 18 heavy (non-hydrogen) atoms. The highest BCUT2D eigenvalue weighted by atomic mass is 16.5. The van der Waals surface area contributed by atoms with Crippen molar-refractivity contribution in [1.82, 2.24) is 0 Å². The number of aryl methyl sites for hydroxylation is 2. The van der Waals surface area contributed by atoms with Crippen LogP contribution in [-0.2, 0) is 9.53 Å². The number of anilines is 1. The van der Waals surface area contributed by atoms with E-state index in [2.05, 4.69) is 26.1 Å². The molecule has 0 spiro atoms. The van der Waals surface area contributed by atoms with Gasteiger partial charge in [-0.3, -0.25) is 4.79 Å². The molecule has 0 aromatic heterocycles. The molecule has 0 aliphatic heterocycles. The van der Waals surface area contributed by atoms with E-state index in [0.717, 1.165) is 5.69 Å². The Kier molecular flexibility index (Phi) is 5.35. The fourth-order valence-corrected chi connectivity index (χ4v) is 1.48. The maximum Gasteiger partial charge on any atom is 0.253 e. The lowest BCUT2D eigenvalue weighted by Crippen LogP contribution is -2.28. The minimum atomic E-state index is -0.422. The largest absolute Gasteiger partial charge is 0.368 e. The number of ether oxygens (including phenoxy) is 1. The summed E-state index contributed by atoms with van der Waals surface area (Å²) < 4.78 is 5.48. The highest BCUT2D eigenvalue weighted by molar-refractivity contribution is 5.94. The van der Waals surface area contributed by atoms with E-state index in [9.17, 15) is 4.79 Å². The van der Waals surface area contributed by atoms with Crippen LogP contribution in [0.5, 0.6) is 0 Å². The monoisotopic (exact) mass is 249 g/mol. The van der Waals surface area contributed by atoms with Gasteiger partial charge in [0.1, 0.15) is 6.10 Å². The van der Waals surface area contributed by atoms with Gasteiger partial charge in [0, 0.05) is 12.3 Å². The molecule has 0 unspecified atom stereocenters. The Morgan fingerprint density at radius 2 is 1.89 bits per heavy atom. The smallest absolute Gasteiger partial charge is 0.253 e. The molecular formula is C15H23NO2. The molecule has 0 radical (unpaired) electrons. The highest BCUT2D eigenvalue weighted by Crippen LogP contribution is 2.14. The van der Waals surface area contributed by atoms with Crippen molar-refractivity contribution in [3.63, 3.8) is 0 Å². The Bertz CT molecular complexity index is 413. The van der Waals surface area contributed by atoms with Crippen LogP contribution in [0.15, 0.2) is 18.2 Å². The molecule has 0 aliphatic carbocycles. The van der Waals surface area contributed by atoms with Gasteiger partial charge < -0.3 is 10.1 Å². The van der Waals surface area contributed by atoms with Crippen LogP contribution >= 0.6 is 0 Å². The van der Waals surface area contributed by atoms with Crippen molar-refractivity contribution in [1.29, 1.82) is 0 Å². The van der Waals surface area contributed by atoms with Crippen molar-refractivity contribution < 1.29 is 9.53 Å². The third-order valence-electron chi connectivity index (χ3n) is 2.82. The summed E-state index contributed by atoms with van der Waals surface area (Å²) in [5.74, 6) is 0.334. The maximum atomic E-state index is 11.9. The molecule has 0 bridgehead atoms. The van der Waals surface area contributed by atoms with Crippen molar-refractivity contribution in [2.24, 2.45) is 5.92 Å². The van der Waals surface area contributed by atoms with E-state index in [-0.39, 0.29) is 5.91 Å². The van der Waals surface area contributed by atoms with E-state index in [1.54, 1.807) is 6.92 Å². The van der Waals surface area contributed by atoms with Crippen molar-refractivity contribution in [3.8, 4) is 0 Å². The topological polar surface area (TPSA) is 38.3 Å². The van der Waals surface area contributed by atoms with E-state index in [0.29, 0.717) is 12.5 Å². The van der Waals surface area contributed by atoms with Gasteiger partial charge in [-0.1, -0.05) is 19.9 Å². The number of hydrogen-bond acceptors (Lipinski definition) is 2. The van der Waals surface area contributed by atoms with E-state index in [4.69, 9.17) is 4.74 Å². The van der Waals surface area contributed by atoms with Crippen molar-refractivity contribution >= 4 is 11.6 Å². The molecule has 1 rings (SSSR count). The summed E-state index contributed by atoms with van der Waals surface area (Å²) in [6.45, 7) is 10.6. The van der Waals surface area contributed by atoms with Gasteiger partial charge in [0.15, 0.2) is 0 Å². The number of benzene rings is 1. The minimum Gasteiger partial charge on any atom is -0.368 e. The molecule has 0 fully saturated rings. The number of nitrogens with one attached hydrogen (secondary N) is 1. The van der Waals surface area contributed by atoms with E-state index in [1.165, 1.54) is 11.1 Å². The first-order valence-corrected chi connectivity index (χ1v) is 6.40. The zero-order chi connectivity index (χ0) is 13.7. The molecular weight excluding hydrogens is 226 g/mol. The molecule has 100 valence electrons. The van der Waals surface area contributed by atoms with Gasteiger partial charge in [0.25, 0.3) is 5.91 Å². The normalized spacial score (nSPS) is 12.6. The summed E-state index contributed by atoms with van der Waals surface area (Å²) in [6, 6.07) is 5.89. The van der Waals surface area contributed by atoms with E-state index < -0.39 is 6.10 Å². The third kappa shape index (κ3) is 4.49. The number of carbonyl (C=O) groups is 1. The Morgan fingerprint density at radius 1 is 1.22 bits per heavy atom. The first-order valence-electron chi connectivity index (χ1n) is 6.40. The molecule has 3 nitrogen and oxygen atoms in total. The number of carbonyl (C=O) groups excluding carboxylic acids is 1. The average molecular weight is 249 g/mol. The van der Waals surface area contributed by atoms with Crippen LogP contribution in [0.1, 0.15) is 31.9 Å². The Labute approximate surface area is 110 Å². The quantitative estimate of drug-likeness (QED) is 0.869. The number of hydrogen-bond donors (Lipinski definition) is 1. The van der Waals surface area contributed by atoms with Crippen LogP contribution in [0.2, 0.25) is 0 Å².